The van der Waals surface area contributed by atoms with Crippen molar-refractivity contribution in [3.05, 3.63) is 60.3 Å². The van der Waals surface area contributed by atoms with Crippen molar-refractivity contribution >= 4 is 23.1 Å². The number of nitrogens with zero attached hydrogens (tertiary/aromatic N) is 2. The molecule has 0 atom stereocenters. The lowest BCUT2D eigenvalue weighted by Gasteiger charge is -2.12. The molecule has 0 aliphatic heterocycles. The smallest absolute Gasteiger partial charge is 0.229 e. The fraction of sp³-hybridized carbons (Fsp3) is 0.273. The molecule has 0 amide bonds. The lowest BCUT2D eigenvalue weighted by molar-refractivity contribution is 0.242. The molecule has 0 fully saturated rings. The van der Waals surface area contributed by atoms with Crippen LogP contribution in [0.25, 0.3) is 0 Å². The van der Waals surface area contributed by atoms with E-state index in [-0.39, 0.29) is 6.10 Å². The number of rotatable bonds is 8. The number of ether oxygens (including phenoxy) is 2. The Morgan fingerprint density at radius 2 is 1.46 bits per heavy atom. The SMILES string of the molecule is CCOc1ccc(Nc2cc(C)nc(Nc3ccc(OC(C)C)cc3)n2)cc1. The van der Waals surface area contributed by atoms with Crippen LogP contribution < -0.4 is 20.1 Å². The molecule has 0 radical (unpaired) electrons. The Morgan fingerprint density at radius 1 is 0.857 bits per heavy atom. The van der Waals surface area contributed by atoms with Crippen LogP contribution in [0.3, 0.4) is 0 Å². The topological polar surface area (TPSA) is 68.3 Å². The van der Waals surface area contributed by atoms with Gasteiger partial charge in [0.15, 0.2) is 0 Å². The van der Waals surface area contributed by atoms with Gasteiger partial charge in [-0.1, -0.05) is 0 Å². The van der Waals surface area contributed by atoms with Crippen LogP contribution in [0.2, 0.25) is 0 Å². The molecular weight excluding hydrogens is 352 g/mol. The number of aromatic nitrogens is 2. The van der Waals surface area contributed by atoms with Crippen molar-refractivity contribution in [1.82, 2.24) is 9.97 Å². The maximum absolute atomic E-state index is 5.67. The van der Waals surface area contributed by atoms with E-state index in [0.717, 1.165) is 34.4 Å². The molecule has 1 heterocycles. The van der Waals surface area contributed by atoms with Crippen molar-refractivity contribution in [2.45, 2.75) is 33.8 Å². The van der Waals surface area contributed by atoms with Gasteiger partial charge >= 0.3 is 0 Å². The average molecular weight is 378 g/mol. The van der Waals surface area contributed by atoms with E-state index in [1.165, 1.54) is 0 Å². The summed E-state index contributed by atoms with van der Waals surface area (Å²) in [6.45, 7) is 8.57. The van der Waals surface area contributed by atoms with Crippen molar-refractivity contribution in [3.63, 3.8) is 0 Å². The normalized spacial score (nSPS) is 10.6. The van der Waals surface area contributed by atoms with E-state index >= 15 is 0 Å². The van der Waals surface area contributed by atoms with Gasteiger partial charge in [0, 0.05) is 23.1 Å². The molecule has 2 N–H and O–H groups in total. The Morgan fingerprint density at radius 3 is 2.07 bits per heavy atom. The lowest BCUT2D eigenvalue weighted by atomic mass is 10.3. The maximum atomic E-state index is 5.67. The molecule has 0 bridgehead atoms. The molecule has 0 aliphatic carbocycles. The van der Waals surface area contributed by atoms with Gasteiger partial charge in [-0.05, 0) is 76.2 Å². The molecule has 0 saturated carbocycles. The van der Waals surface area contributed by atoms with E-state index in [4.69, 9.17) is 9.47 Å². The third-order valence-electron chi connectivity index (χ3n) is 3.77. The van der Waals surface area contributed by atoms with Crippen molar-refractivity contribution in [1.29, 1.82) is 0 Å². The van der Waals surface area contributed by atoms with Crippen molar-refractivity contribution in [2.24, 2.45) is 0 Å². The van der Waals surface area contributed by atoms with Gasteiger partial charge in [0.1, 0.15) is 17.3 Å². The van der Waals surface area contributed by atoms with Crippen LogP contribution in [0, 0.1) is 6.92 Å². The number of hydrogen-bond donors (Lipinski definition) is 2. The Kier molecular flexibility index (Phi) is 6.32. The number of nitrogens with one attached hydrogen (secondary N) is 2. The lowest BCUT2D eigenvalue weighted by Crippen LogP contribution is -2.05. The van der Waals surface area contributed by atoms with Crippen molar-refractivity contribution in [2.75, 3.05) is 17.2 Å². The minimum Gasteiger partial charge on any atom is -0.494 e. The number of anilines is 4. The monoisotopic (exact) mass is 378 g/mol. The zero-order valence-corrected chi connectivity index (χ0v) is 16.7. The zero-order chi connectivity index (χ0) is 19.9. The molecule has 6 nitrogen and oxygen atoms in total. The third kappa shape index (κ3) is 5.61. The van der Waals surface area contributed by atoms with Crippen LogP contribution in [0.5, 0.6) is 11.5 Å². The first-order valence-electron chi connectivity index (χ1n) is 9.41. The van der Waals surface area contributed by atoms with Crippen LogP contribution in [0.15, 0.2) is 54.6 Å². The first-order valence-corrected chi connectivity index (χ1v) is 9.41. The van der Waals surface area contributed by atoms with E-state index in [9.17, 15) is 0 Å². The minimum absolute atomic E-state index is 0.148. The summed E-state index contributed by atoms with van der Waals surface area (Å²) in [5.41, 5.74) is 2.70. The quantitative estimate of drug-likeness (QED) is 0.543. The fourth-order valence-electron chi connectivity index (χ4n) is 2.66. The summed E-state index contributed by atoms with van der Waals surface area (Å²) in [6, 6.07) is 17.4. The molecule has 0 spiro atoms. The predicted molar refractivity (Wildman–Crippen MR) is 113 cm³/mol. The van der Waals surface area contributed by atoms with E-state index in [0.29, 0.717) is 12.6 Å². The van der Waals surface area contributed by atoms with Crippen LogP contribution >= 0.6 is 0 Å². The summed E-state index contributed by atoms with van der Waals surface area (Å²) in [7, 11) is 0. The standard InChI is InChI=1S/C22H26N4O2/c1-5-27-19-10-6-17(7-11-19)24-21-14-16(4)23-22(26-21)25-18-8-12-20(13-9-18)28-15(2)3/h6-15H,5H2,1-4H3,(H2,23,24,25,26). The van der Waals surface area contributed by atoms with Crippen LogP contribution in [-0.4, -0.2) is 22.7 Å². The van der Waals surface area contributed by atoms with E-state index < -0.39 is 0 Å². The molecule has 0 unspecified atom stereocenters. The number of hydrogen-bond acceptors (Lipinski definition) is 6. The highest BCUT2D eigenvalue weighted by molar-refractivity contribution is 5.61. The Bertz CT molecular complexity index is 893. The first kappa shape index (κ1) is 19.5. The highest BCUT2D eigenvalue weighted by Crippen LogP contribution is 2.23. The molecule has 2 aromatic carbocycles. The third-order valence-corrected chi connectivity index (χ3v) is 3.77. The summed E-state index contributed by atoms with van der Waals surface area (Å²) in [4.78, 5) is 9.02. The van der Waals surface area contributed by atoms with Gasteiger partial charge in [0.25, 0.3) is 0 Å². The highest BCUT2D eigenvalue weighted by Gasteiger charge is 2.05. The summed E-state index contributed by atoms with van der Waals surface area (Å²) >= 11 is 0. The zero-order valence-electron chi connectivity index (χ0n) is 16.7. The molecule has 0 saturated heterocycles. The summed E-state index contributed by atoms with van der Waals surface area (Å²) in [5.74, 6) is 2.94. The van der Waals surface area contributed by atoms with Gasteiger partial charge in [0.05, 0.1) is 12.7 Å². The molecule has 146 valence electrons. The Balaban J connectivity index is 1.70. The fourth-order valence-corrected chi connectivity index (χ4v) is 2.66. The van der Waals surface area contributed by atoms with Crippen LogP contribution in [0.4, 0.5) is 23.1 Å². The second-order valence-corrected chi connectivity index (χ2v) is 6.62. The van der Waals surface area contributed by atoms with Crippen molar-refractivity contribution < 1.29 is 9.47 Å². The molecule has 3 rings (SSSR count). The van der Waals surface area contributed by atoms with E-state index in [1.807, 2.05) is 82.3 Å². The van der Waals surface area contributed by atoms with Gasteiger partial charge in [0.2, 0.25) is 5.95 Å². The van der Waals surface area contributed by atoms with Gasteiger partial charge in [-0.15, -0.1) is 0 Å². The van der Waals surface area contributed by atoms with E-state index in [1.54, 1.807) is 0 Å². The molecule has 1 aromatic heterocycles. The number of benzene rings is 2. The second-order valence-electron chi connectivity index (χ2n) is 6.62. The summed E-state index contributed by atoms with van der Waals surface area (Å²) in [6.07, 6.45) is 0.148. The largest absolute Gasteiger partial charge is 0.494 e. The first-order chi connectivity index (χ1) is 13.5. The molecule has 0 aliphatic rings. The predicted octanol–water partition coefficient (Wildman–Crippen LogP) is 5.46. The average Bonchev–Trinajstić information content (AvgIpc) is 2.64. The van der Waals surface area contributed by atoms with Crippen LogP contribution in [0.1, 0.15) is 26.5 Å². The van der Waals surface area contributed by atoms with Gasteiger partial charge < -0.3 is 20.1 Å². The minimum atomic E-state index is 0.148. The van der Waals surface area contributed by atoms with Gasteiger partial charge in [-0.2, -0.15) is 4.98 Å². The molecular formula is C22H26N4O2. The Labute approximate surface area is 166 Å². The highest BCUT2D eigenvalue weighted by atomic mass is 16.5. The van der Waals surface area contributed by atoms with Crippen LogP contribution in [-0.2, 0) is 0 Å². The molecule has 28 heavy (non-hydrogen) atoms. The van der Waals surface area contributed by atoms with Gasteiger partial charge in [-0.25, -0.2) is 4.98 Å². The van der Waals surface area contributed by atoms with Crippen molar-refractivity contribution in [3.8, 4) is 11.5 Å². The number of aryl methyl sites for hydroxylation is 1. The van der Waals surface area contributed by atoms with Gasteiger partial charge in [-0.3, -0.25) is 0 Å². The Hall–Kier alpha value is -3.28. The second kappa shape index (κ2) is 9.08. The molecule has 6 heteroatoms. The van der Waals surface area contributed by atoms with E-state index in [2.05, 4.69) is 20.6 Å². The summed E-state index contributed by atoms with van der Waals surface area (Å²) in [5, 5.41) is 6.54. The molecule has 3 aromatic rings. The maximum Gasteiger partial charge on any atom is 0.229 e. The summed E-state index contributed by atoms with van der Waals surface area (Å²) < 4.78 is 11.1.